The molecule has 0 radical (unpaired) electrons. The molecular weight excluding hydrogens is 226 g/mol. The third-order valence-corrected chi connectivity index (χ3v) is 2.65. The molecule has 0 fully saturated rings. The summed E-state index contributed by atoms with van der Waals surface area (Å²) in [6.07, 6.45) is 3.65. The summed E-state index contributed by atoms with van der Waals surface area (Å²) in [6.45, 7) is 6.14. The van der Waals surface area contributed by atoms with Gasteiger partial charge in [-0.15, -0.1) is 0 Å². The van der Waals surface area contributed by atoms with Crippen molar-refractivity contribution in [2.24, 2.45) is 0 Å². The Kier molecular flexibility index (Phi) is 3.92. The molecule has 18 heavy (non-hydrogen) atoms. The monoisotopic (exact) mass is 245 g/mol. The molecule has 2 aromatic rings. The lowest BCUT2D eigenvalue weighted by Gasteiger charge is -2.15. The van der Waals surface area contributed by atoms with Gasteiger partial charge in [-0.25, -0.2) is 0 Å². The average molecular weight is 245 g/mol. The third kappa shape index (κ3) is 3.29. The van der Waals surface area contributed by atoms with E-state index >= 15 is 0 Å². The molecule has 96 valence electrons. The molecule has 0 saturated heterocycles. The van der Waals surface area contributed by atoms with Gasteiger partial charge in [0.1, 0.15) is 5.75 Å². The highest BCUT2D eigenvalue weighted by molar-refractivity contribution is 5.47. The van der Waals surface area contributed by atoms with E-state index in [0.29, 0.717) is 0 Å². The SMILES string of the molecule is CC(C)Oc1ccc(NC(C)c2ccoc2)cc1. The molecule has 1 N–H and O–H groups in total. The summed E-state index contributed by atoms with van der Waals surface area (Å²) in [7, 11) is 0. The zero-order valence-corrected chi connectivity index (χ0v) is 11.0. The molecule has 0 bridgehead atoms. The second kappa shape index (κ2) is 5.63. The number of rotatable bonds is 5. The molecule has 0 spiro atoms. The van der Waals surface area contributed by atoms with E-state index in [1.165, 1.54) is 0 Å². The number of ether oxygens (including phenoxy) is 1. The second-order valence-electron chi connectivity index (χ2n) is 4.61. The minimum Gasteiger partial charge on any atom is -0.491 e. The van der Waals surface area contributed by atoms with Crippen molar-refractivity contribution < 1.29 is 9.15 Å². The molecule has 3 heteroatoms. The Bertz CT molecular complexity index is 460. The minimum atomic E-state index is 0.202. The predicted molar refractivity (Wildman–Crippen MR) is 73.0 cm³/mol. The maximum absolute atomic E-state index is 5.60. The summed E-state index contributed by atoms with van der Waals surface area (Å²) in [4.78, 5) is 0. The second-order valence-corrected chi connectivity index (χ2v) is 4.61. The molecule has 1 aromatic carbocycles. The van der Waals surface area contributed by atoms with Gasteiger partial charge in [0.25, 0.3) is 0 Å². The fourth-order valence-electron chi connectivity index (χ4n) is 1.76. The van der Waals surface area contributed by atoms with E-state index in [1.807, 2.05) is 44.2 Å². The first-order valence-corrected chi connectivity index (χ1v) is 6.20. The van der Waals surface area contributed by atoms with Crippen LogP contribution in [0, 0.1) is 0 Å². The molecule has 1 unspecified atom stereocenters. The zero-order valence-electron chi connectivity index (χ0n) is 11.0. The summed E-state index contributed by atoms with van der Waals surface area (Å²) in [6, 6.07) is 10.2. The number of hydrogen-bond acceptors (Lipinski definition) is 3. The van der Waals surface area contributed by atoms with Crippen molar-refractivity contribution >= 4 is 5.69 Å². The van der Waals surface area contributed by atoms with Crippen molar-refractivity contribution in [1.82, 2.24) is 0 Å². The van der Waals surface area contributed by atoms with Gasteiger partial charge >= 0.3 is 0 Å². The molecule has 2 rings (SSSR count). The first kappa shape index (κ1) is 12.6. The number of benzene rings is 1. The van der Waals surface area contributed by atoms with E-state index in [4.69, 9.17) is 9.15 Å². The van der Waals surface area contributed by atoms with Crippen molar-refractivity contribution in [3.05, 3.63) is 48.4 Å². The highest BCUT2D eigenvalue weighted by Gasteiger charge is 2.06. The van der Waals surface area contributed by atoms with Crippen LogP contribution in [0.4, 0.5) is 5.69 Å². The third-order valence-electron chi connectivity index (χ3n) is 2.65. The molecule has 0 aliphatic rings. The van der Waals surface area contributed by atoms with Gasteiger partial charge in [-0.3, -0.25) is 0 Å². The summed E-state index contributed by atoms with van der Waals surface area (Å²) < 4.78 is 10.7. The Balaban J connectivity index is 1.98. The molecule has 1 heterocycles. The summed E-state index contributed by atoms with van der Waals surface area (Å²) in [5.41, 5.74) is 2.21. The Hall–Kier alpha value is -1.90. The number of nitrogens with one attached hydrogen (secondary N) is 1. The Morgan fingerprint density at radius 2 is 1.78 bits per heavy atom. The van der Waals surface area contributed by atoms with Crippen molar-refractivity contribution in [3.63, 3.8) is 0 Å². The maximum Gasteiger partial charge on any atom is 0.119 e. The maximum atomic E-state index is 5.60. The van der Waals surface area contributed by atoms with E-state index in [-0.39, 0.29) is 12.1 Å². The van der Waals surface area contributed by atoms with Crippen LogP contribution in [-0.2, 0) is 0 Å². The molecule has 0 saturated carbocycles. The number of hydrogen-bond donors (Lipinski definition) is 1. The average Bonchev–Trinajstić information content (AvgIpc) is 2.84. The Morgan fingerprint density at radius 3 is 2.33 bits per heavy atom. The van der Waals surface area contributed by atoms with Crippen LogP contribution in [-0.4, -0.2) is 6.10 Å². The van der Waals surface area contributed by atoms with Gasteiger partial charge < -0.3 is 14.5 Å². The summed E-state index contributed by atoms with van der Waals surface area (Å²) in [5.74, 6) is 0.895. The van der Waals surface area contributed by atoms with E-state index in [0.717, 1.165) is 17.0 Å². The number of furan rings is 1. The fourth-order valence-corrected chi connectivity index (χ4v) is 1.76. The van der Waals surface area contributed by atoms with Gasteiger partial charge in [0, 0.05) is 11.3 Å². The fraction of sp³-hybridized carbons (Fsp3) is 0.333. The Labute approximate surface area is 108 Å². The molecule has 3 nitrogen and oxygen atoms in total. The van der Waals surface area contributed by atoms with Crippen LogP contribution in [0.15, 0.2) is 47.3 Å². The molecular formula is C15H19NO2. The van der Waals surface area contributed by atoms with Crippen LogP contribution >= 0.6 is 0 Å². The van der Waals surface area contributed by atoms with Gasteiger partial charge in [0.05, 0.1) is 24.7 Å². The molecule has 0 aliphatic heterocycles. The molecule has 0 amide bonds. The van der Waals surface area contributed by atoms with Crippen LogP contribution in [0.2, 0.25) is 0 Å². The topological polar surface area (TPSA) is 34.4 Å². The van der Waals surface area contributed by atoms with Gasteiger partial charge in [0.15, 0.2) is 0 Å². The standard InChI is InChI=1S/C15H19NO2/c1-11(2)18-15-6-4-14(5-7-15)16-12(3)13-8-9-17-10-13/h4-12,16H,1-3H3. The zero-order chi connectivity index (χ0) is 13.0. The lowest BCUT2D eigenvalue weighted by atomic mass is 10.1. The van der Waals surface area contributed by atoms with Crippen LogP contribution < -0.4 is 10.1 Å². The normalized spacial score (nSPS) is 12.4. The largest absolute Gasteiger partial charge is 0.491 e. The first-order chi connectivity index (χ1) is 8.65. The lowest BCUT2D eigenvalue weighted by molar-refractivity contribution is 0.242. The van der Waals surface area contributed by atoms with E-state index < -0.39 is 0 Å². The Morgan fingerprint density at radius 1 is 1.06 bits per heavy atom. The summed E-state index contributed by atoms with van der Waals surface area (Å²) >= 11 is 0. The summed E-state index contributed by atoms with van der Waals surface area (Å²) in [5, 5.41) is 3.41. The van der Waals surface area contributed by atoms with Gasteiger partial charge in [0.2, 0.25) is 0 Å². The lowest BCUT2D eigenvalue weighted by Crippen LogP contribution is -2.07. The van der Waals surface area contributed by atoms with E-state index in [9.17, 15) is 0 Å². The van der Waals surface area contributed by atoms with Crippen LogP contribution in [0.25, 0.3) is 0 Å². The van der Waals surface area contributed by atoms with E-state index in [2.05, 4.69) is 12.2 Å². The minimum absolute atomic E-state index is 0.202. The molecule has 0 aliphatic carbocycles. The quantitative estimate of drug-likeness (QED) is 0.855. The van der Waals surface area contributed by atoms with Crippen LogP contribution in [0.5, 0.6) is 5.75 Å². The number of anilines is 1. The first-order valence-electron chi connectivity index (χ1n) is 6.20. The van der Waals surface area contributed by atoms with E-state index in [1.54, 1.807) is 12.5 Å². The van der Waals surface area contributed by atoms with Gasteiger partial charge in [-0.05, 0) is 51.1 Å². The highest BCUT2D eigenvalue weighted by atomic mass is 16.5. The highest BCUT2D eigenvalue weighted by Crippen LogP contribution is 2.22. The molecule has 1 atom stereocenters. The van der Waals surface area contributed by atoms with Crippen LogP contribution in [0.3, 0.4) is 0 Å². The van der Waals surface area contributed by atoms with Crippen molar-refractivity contribution in [2.75, 3.05) is 5.32 Å². The van der Waals surface area contributed by atoms with Crippen molar-refractivity contribution in [3.8, 4) is 5.75 Å². The predicted octanol–water partition coefficient (Wildman–Crippen LogP) is 4.24. The smallest absolute Gasteiger partial charge is 0.119 e. The van der Waals surface area contributed by atoms with Crippen LogP contribution in [0.1, 0.15) is 32.4 Å². The van der Waals surface area contributed by atoms with Crippen molar-refractivity contribution in [1.29, 1.82) is 0 Å². The molecule has 1 aromatic heterocycles. The van der Waals surface area contributed by atoms with Gasteiger partial charge in [-0.1, -0.05) is 0 Å². The van der Waals surface area contributed by atoms with Crippen molar-refractivity contribution in [2.45, 2.75) is 32.9 Å². The van der Waals surface area contributed by atoms with Gasteiger partial charge in [-0.2, -0.15) is 0 Å².